The zero-order chi connectivity index (χ0) is 16.2. The van der Waals surface area contributed by atoms with Gasteiger partial charge in [0.2, 0.25) is 0 Å². The lowest BCUT2D eigenvalue weighted by Crippen LogP contribution is -2.19. The Morgan fingerprint density at radius 3 is 2.65 bits per heavy atom. The molecule has 3 rings (SSSR count). The van der Waals surface area contributed by atoms with Crippen LogP contribution < -0.4 is 5.32 Å². The highest BCUT2D eigenvalue weighted by Gasteiger charge is 2.23. The van der Waals surface area contributed by atoms with E-state index in [1.807, 2.05) is 48.5 Å². The second-order valence-electron chi connectivity index (χ2n) is 5.02. The van der Waals surface area contributed by atoms with Crippen molar-refractivity contribution in [1.29, 1.82) is 0 Å². The van der Waals surface area contributed by atoms with E-state index in [0.29, 0.717) is 10.1 Å². The summed E-state index contributed by atoms with van der Waals surface area (Å²) in [5.74, 6) is -0.106. The fourth-order valence-electron chi connectivity index (χ4n) is 2.22. The zero-order valence-electron chi connectivity index (χ0n) is 12.5. The van der Waals surface area contributed by atoms with Crippen LogP contribution in [0.25, 0.3) is 6.08 Å². The van der Waals surface area contributed by atoms with Gasteiger partial charge in [-0.2, -0.15) is 0 Å². The van der Waals surface area contributed by atoms with Crippen LogP contribution in [-0.4, -0.2) is 11.1 Å². The molecule has 1 aliphatic heterocycles. The van der Waals surface area contributed by atoms with E-state index in [2.05, 4.69) is 39.2 Å². The highest BCUT2D eigenvalue weighted by molar-refractivity contribution is 9.10. The van der Waals surface area contributed by atoms with Crippen LogP contribution in [0, 0.1) is 0 Å². The number of carbonyl (C=O) groups excluding carboxylic acids is 1. The molecular weight excluding hydrogens is 372 g/mol. The first-order valence-corrected chi connectivity index (χ1v) is 8.89. The number of aryl methyl sites for hydroxylation is 1. The van der Waals surface area contributed by atoms with Crippen LogP contribution in [0.5, 0.6) is 0 Å². The molecule has 2 aromatic rings. The number of nitrogens with one attached hydrogen (secondary N) is 1. The average molecular weight is 387 g/mol. The minimum atomic E-state index is -0.106. The number of rotatable bonds is 3. The van der Waals surface area contributed by atoms with Crippen molar-refractivity contribution >= 4 is 50.5 Å². The van der Waals surface area contributed by atoms with Gasteiger partial charge in [-0.05, 0) is 53.6 Å². The highest BCUT2D eigenvalue weighted by Crippen LogP contribution is 2.29. The Bertz CT molecular complexity index is 797. The predicted octanol–water partition coefficient (Wildman–Crippen LogP) is 4.90. The van der Waals surface area contributed by atoms with Gasteiger partial charge in [0.25, 0.3) is 5.91 Å². The van der Waals surface area contributed by atoms with Crippen LogP contribution in [0.2, 0.25) is 0 Å². The van der Waals surface area contributed by atoms with Gasteiger partial charge in [-0.25, -0.2) is 4.99 Å². The number of halogens is 1. The van der Waals surface area contributed by atoms with E-state index in [-0.39, 0.29) is 5.91 Å². The molecule has 0 spiro atoms. The van der Waals surface area contributed by atoms with E-state index in [1.54, 1.807) is 0 Å². The van der Waals surface area contributed by atoms with Gasteiger partial charge in [-0.1, -0.05) is 53.2 Å². The number of para-hydroxylation sites is 1. The SMILES string of the molecule is CCc1ccccc1N=C1NC(=O)/C(=C/c2ccc(Br)cc2)S1. The quantitative estimate of drug-likeness (QED) is 0.761. The Balaban J connectivity index is 1.84. The van der Waals surface area contributed by atoms with Crippen LogP contribution in [0.15, 0.2) is 62.9 Å². The number of hydrogen-bond acceptors (Lipinski definition) is 3. The summed E-state index contributed by atoms with van der Waals surface area (Å²) in [6, 6.07) is 15.8. The van der Waals surface area contributed by atoms with E-state index < -0.39 is 0 Å². The lowest BCUT2D eigenvalue weighted by Gasteiger charge is -2.02. The number of nitrogens with zero attached hydrogens (tertiary/aromatic N) is 1. The highest BCUT2D eigenvalue weighted by atomic mass is 79.9. The van der Waals surface area contributed by atoms with Gasteiger partial charge < -0.3 is 5.32 Å². The Hall–Kier alpha value is -1.85. The Morgan fingerprint density at radius 2 is 1.91 bits per heavy atom. The van der Waals surface area contributed by atoms with Crippen LogP contribution >= 0.6 is 27.7 Å². The summed E-state index contributed by atoms with van der Waals surface area (Å²) in [4.78, 5) is 17.3. The van der Waals surface area contributed by atoms with E-state index in [1.165, 1.54) is 17.3 Å². The smallest absolute Gasteiger partial charge is 0.264 e. The summed E-state index contributed by atoms with van der Waals surface area (Å²) in [6.07, 6.45) is 2.79. The zero-order valence-corrected chi connectivity index (χ0v) is 14.9. The Morgan fingerprint density at radius 1 is 1.17 bits per heavy atom. The third-order valence-electron chi connectivity index (χ3n) is 3.41. The van der Waals surface area contributed by atoms with Crippen LogP contribution in [0.1, 0.15) is 18.1 Å². The van der Waals surface area contributed by atoms with Crippen molar-refractivity contribution in [2.24, 2.45) is 4.99 Å². The van der Waals surface area contributed by atoms with Crippen molar-refractivity contribution in [3.63, 3.8) is 0 Å². The van der Waals surface area contributed by atoms with Gasteiger partial charge in [0.15, 0.2) is 5.17 Å². The summed E-state index contributed by atoms with van der Waals surface area (Å²) < 4.78 is 1.02. The second kappa shape index (κ2) is 7.15. The predicted molar refractivity (Wildman–Crippen MR) is 101 cm³/mol. The van der Waals surface area contributed by atoms with Gasteiger partial charge in [-0.3, -0.25) is 4.79 Å². The fraction of sp³-hybridized carbons (Fsp3) is 0.111. The van der Waals surface area contributed by atoms with E-state index in [9.17, 15) is 4.79 Å². The molecule has 0 atom stereocenters. The lowest BCUT2D eigenvalue weighted by atomic mass is 10.1. The second-order valence-corrected chi connectivity index (χ2v) is 6.96. The molecule has 5 heteroatoms. The number of amidine groups is 1. The molecule has 1 heterocycles. The molecule has 0 radical (unpaired) electrons. The molecule has 23 heavy (non-hydrogen) atoms. The number of hydrogen-bond donors (Lipinski definition) is 1. The monoisotopic (exact) mass is 386 g/mol. The topological polar surface area (TPSA) is 41.5 Å². The van der Waals surface area contributed by atoms with Gasteiger partial charge in [0, 0.05) is 4.47 Å². The largest absolute Gasteiger partial charge is 0.300 e. The first-order chi connectivity index (χ1) is 11.2. The summed E-state index contributed by atoms with van der Waals surface area (Å²) in [5.41, 5.74) is 3.06. The molecule has 1 fully saturated rings. The molecular formula is C18H15BrN2OS. The Labute approximate surface area is 148 Å². The Kier molecular flexibility index (Phi) is 4.98. The first-order valence-electron chi connectivity index (χ1n) is 7.29. The third-order valence-corrected chi connectivity index (χ3v) is 4.85. The van der Waals surface area contributed by atoms with Crippen LogP contribution in [-0.2, 0) is 11.2 Å². The van der Waals surface area contributed by atoms with Gasteiger partial charge >= 0.3 is 0 Å². The average Bonchev–Trinajstić information content (AvgIpc) is 2.89. The summed E-state index contributed by atoms with van der Waals surface area (Å²) in [5, 5.41) is 3.46. The number of benzene rings is 2. The van der Waals surface area contributed by atoms with Gasteiger partial charge in [0.05, 0.1) is 10.6 Å². The number of carbonyl (C=O) groups is 1. The normalized spacial score (nSPS) is 17.7. The molecule has 3 nitrogen and oxygen atoms in total. The maximum absolute atomic E-state index is 12.1. The van der Waals surface area contributed by atoms with Crippen molar-refractivity contribution in [2.45, 2.75) is 13.3 Å². The van der Waals surface area contributed by atoms with E-state index in [4.69, 9.17) is 0 Å². The molecule has 0 aliphatic carbocycles. The maximum atomic E-state index is 12.1. The van der Waals surface area contributed by atoms with Gasteiger partial charge in [-0.15, -0.1) is 0 Å². The molecule has 1 aliphatic rings. The van der Waals surface area contributed by atoms with E-state index >= 15 is 0 Å². The molecule has 1 amide bonds. The minimum Gasteiger partial charge on any atom is -0.300 e. The van der Waals surface area contributed by atoms with Crippen molar-refractivity contribution in [1.82, 2.24) is 5.32 Å². The lowest BCUT2D eigenvalue weighted by molar-refractivity contribution is -0.115. The summed E-state index contributed by atoms with van der Waals surface area (Å²) in [7, 11) is 0. The summed E-state index contributed by atoms with van der Waals surface area (Å²) >= 11 is 4.78. The van der Waals surface area contributed by atoms with Crippen LogP contribution in [0.4, 0.5) is 5.69 Å². The number of aliphatic imine (C=N–C) groups is 1. The van der Waals surface area contributed by atoms with Gasteiger partial charge in [0.1, 0.15) is 0 Å². The number of amides is 1. The van der Waals surface area contributed by atoms with Crippen molar-refractivity contribution in [3.8, 4) is 0 Å². The minimum absolute atomic E-state index is 0.106. The molecule has 0 bridgehead atoms. The van der Waals surface area contributed by atoms with E-state index in [0.717, 1.165) is 22.1 Å². The number of thioether (sulfide) groups is 1. The van der Waals surface area contributed by atoms with Crippen LogP contribution in [0.3, 0.4) is 0 Å². The molecule has 2 aromatic carbocycles. The molecule has 0 aromatic heterocycles. The van der Waals surface area contributed by atoms with Crippen molar-refractivity contribution in [2.75, 3.05) is 0 Å². The van der Waals surface area contributed by atoms with Crippen molar-refractivity contribution in [3.05, 3.63) is 69.0 Å². The standard InChI is InChI=1S/C18H15BrN2OS/c1-2-13-5-3-4-6-15(13)20-18-21-17(22)16(23-18)11-12-7-9-14(19)10-8-12/h3-11H,2H2,1H3,(H,20,21,22)/b16-11-. The molecule has 116 valence electrons. The fourth-order valence-corrected chi connectivity index (χ4v) is 3.32. The first kappa shape index (κ1) is 16.0. The molecule has 1 N–H and O–H groups in total. The molecule has 0 unspecified atom stereocenters. The molecule has 1 saturated heterocycles. The van der Waals surface area contributed by atoms with Crippen molar-refractivity contribution < 1.29 is 4.79 Å². The summed E-state index contributed by atoms with van der Waals surface area (Å²) in [6.45, 7) is 2.10. The molecule has 0 saturated carbocycles. The third kappa shape index (κ3) is 3.92. The maximum Gasteiger partial charge on any atom is 0.264 e.